The molecule has 0 spiro atoms. The summed E-state index contributed by atoms with van der Waals surface area (Å²) >= 11 is 6.86. The van der Waals surface area contributed by atoms with Gasteiger partial charge in [0.05, 0.1) is 7.11 Å². The van der Waals surface area contributed by atoms with E-state index in [4.69, 9.17) is 17.0 Å². The molecular formula is C14H14N2O2S2. The summed E-state index contributed by atoms with van der Waals surface area (Å²) in [5.74, 6) is 0.174. The number of aromatic amines is 1. The van der Waals surface area contributed by atoms with Gasteiger partial charge in [0.15, 0.2) is 0 Å². The number of rotatable bonds is 3. The van der Waals surface area contributed by atoms with Gasteiger partial charge in [0.25, 0.3) is 0 Å². The maximum absolute atomic E-state index is 11.6. The highest BCUT2D eigenvalue weighted by Gasteiger charge is 2.14. The molecule has 0 aliphatic heterocycles. The second kappa shape index (κ2) is 6.19. The topological polar surface area (TPSA) is 55.0 Å². The van der Waals surface area contributed by atoms with Crippen molar-refractivity contribution in [3.63, 3.8) is 0 Å². The molecule has 4 nitrogen and oxygen atoms in total. The van der Waals surface area contributed by atoms with Gasteiger partial charge < -0.3 is 9.72 Å². The fourth-order valence-electron chi connectivity index (χ4n) is 1.81. The molecular weight excluding hydrogens is 292 g/mol. The first-order chi connectivity index (χ1) is 9.56. The summed E-state index contributed by atoms with van der Waals surface area (Å²) in [6.45, 7) is 1.78. The summed E-state index contributed by atoms with van der Waals surface area (Å²) in [5, 5.41) is 0. The first kappa shape index (κ1) is 14.7. The first-order valence-electron chi connectivity index (χ1n) is 5.90. The van der Waals surface area contributed by atoms with Crippen LogP contribution in [0.1, 0.15) is 16.1 Å². The number of thioether (sulfide) groups is 1. The third-order valence-electron chi connectivity index (χ3n) is 2.86. The molecule has 0 atom stereocenters. The fourth-order valence-corrected chi connectivity index (χ4v) is 2.55. The highest BCUT2D eigenvalue weighted by atomic mass is 32.2. The maximum Gasteiger partial charge on any atom is 0.342 e. The average Bonchev–Trinajstić information content (AvgIpc) is 2.46. The second-order valence-corrected chi connectivity index (χ2v) is 5.38. The van der Waals surface area contributed by atoms with Crippen molar-refractivity contribution in [2.75, 3.05) is 13.4 Å². The van der Waals surface area contributed by atoms with Crippen LogP contribution in [0.25, 0.3) is 11.4 Å². The van der Waals surface area contributed by atoms with Crippen molar-refractivity contribution in [3.05, 3.63) is 40.2 Å². The van der Waals surface area contributed by atoms with E-state index in [1.807, 2.05) is 30.5 Å². The van der Waals surface area contributed by atoms with E-state index in [0.717, 1.165) is 5.56 Å². The van der Waals surface area contributed by atoms with Crippen molar-refractivity contribution < 1.29 is 9.53 Å². The van der Waals surface area contributed by atoms with Crippen LogP contribution in [0.15, 0.2) is 29.2 Å². The number of esters is 1. The number of aromatic nitrogens is 2. The lowest BCUT2D eigenvalue weighted by molar-refractivity contribution is 0.0598. The van der Waals surface area contributed by atoms with Gasteiger partial charge in [-0.2, -0.15) is 0 Å². The Bertz CT molecular complexity index is 693. The Labute approximate surface area is 126 Å². The van der Waals surface area contributed by atoms with Crippen molar-refractivity contribution in [2.24, 2.45) is 0 Å². The summed E-state index contributed by atoms with van der Waals surface area (Å²) < 4.78 is 4.95. The second-order valence-electron chi connectivity index (χ2n) is 4.11. The van der Waals surface area contributed by atoms with Gasteiger partial charge >= 0.3 is 5.97 Å². The van der Waals surface area contributed by atoms with E-state index >= 15 is 0 Å². The van der Waals surface area contributed by atoms with Crippen LogP contribution in [0.5, 0.6) is 0 Å². The molecule has 0 saturated heterocycles. The number of ether oxygens (including phenoxy) is 1. The van der Waals surface area contributed by atoms with Gasteiger partial charge in [-0.05, 0) is 25.3 Å². The molecule has 0 aliphatic rings. The zero-order valence-corrected chi connectivity index (χ0v) is 13.0. The highest BCUT2D eigenvalue weighted by Crippen LogP contribution is 2.21. The predicted molar refractivity (Wildman–Crippen MR) is 82.7 cm³/mol. The molecule has 0 fully saturated rings. The predicted octanol–water partition coefficient (Wildman–Crippen LogP) is 3.62. The number of carbonyl (C=O) groups is 1. The SMILES string of the molecule is COC(=O)c1c(C)[nH]c(-c2ccc(SC)cc2)nc1=S. The van der Waals surface area contributed by atoms with Gasteiger partial charge in [-0.1, -0.05) is 24.4 Å². The molecule has 0 amide bonds. The van der Waals surface area contributed by atoms with Gasteiger partial charge in [0, 0.05) is 16.2 Å². The van der Waals surface area contributed by atoms with Crippen molar-refractivity contribution >= 4 is 29.9 Å². The van der Waals surface area contributed by atoms with Gasteiger partial charge in [-0.15, -0.1) is 11.8 Å². The molecule has 1 aromatic heterocycles. The Balaban J connectivity index is 2.49. The van der Waals surface area contributed by atoms with Crippen LogP contribution >= 0.6 is 24.0 Å². The summed E-state index contributed by atoms with van der Waals surface area (Å²) in [4.78, 5) is 20.2. The molecule has 1 N–H and O–H groups in total. The van der Waals surface area contributed by atoms with Crippen molar-refractivity contribution in [1.82, 2.24) is 9.97 Å². The van der Waals surface area contributed by atoms with Crippen LogP contribution in [0, 0.1) is 11.6 Å². The number of carbonyl (C=O) groups excluding carboxylic acids is 1. The van der Waals surface area contributed by atoms with E-state index < -0.39 is 5.97 Å². The third kappa shape index (κ3) is 2.91. The molecule has 0 aliphatic carbocycles. The lowest BCUT2D eigenvalue weighted by Gasteiger charge is -2.08. The van der Waals surface area contributed by atoms with Crippen LogP contribution in [0.2, 0.25) is 0 Å². The Hall–Kier alpha value is -1.66. The molecule has 1 heterocycles. The Morgan fingerprint density at radius 1 is 1.35 bits per heavy atom. The Kier molecular flexibility index (Phi) is 4.57. The van der Waals surface area contributed by atoms with Crippen LogP contribution in [-0.4, -0.2) is 29.3 Å². The summed E-state index contributed by atoms with van der Waals surface area (Å²) in [6, 6.07) is 7.97. The van der Waals surface area contributed by atoms with E-state index in [-0.39, 0.29) is 4.64 Å². The zero-order chi connectivity index (χ0) is 14.7. The van der Waals surface area contributed by atoms with E-state index in [1.54, 1.807) is 18.7 Å². The van der Waals surface area contributed by atoms with Crippen molar-refractivity contribution in [3.8, 4) is 11.4 Å². The maximum atomic E-state index is 11.6. The summed E-state index contributed by atoms with van der Waals surface area (Å²) in [6.07, 6.45) is 2.02. The van der Waals surface area contributed by atoms with E-state index in [2.05, 4.69) is 9.97 Å². The standard InChI is InChI=1S/C14H14N2O2S2/c1-8-11(14(17)18-2)13(19)16-12(15-8)9-4-6-10(20-3)7-5-9/h4-7H,1-3H3,(H,15,16,19). The summed E-state index contributed by atoms with van der Waals surface area (Å²) in [5.41, 5.74) is 1.89. The summed E-state index contributed by atoms with van der Waals surface area (Å²) in [7, 11) is 1.32. The van der Waals surface area contributed by atoms with Crippen molar-refractivity contribution in [2.45, 2.75) is 11.8 Å². The molecule has 6 heteroatoms. The largest absolute Gasteiger partial charge is 0.465 e. The Morgan fingerprint density at radius 3 is 2.50 bits per heavy atom. The van der Waals surface area contributed by atoms with E-state index in [0.29, 0.717) is 17.1 Å². The monoisotopic (exact) mass is 306 g/mol. The minimum absolute atomic E-state index is 0.247. The lowest BCUT2D eigenvalue weighted by atomic mass is 10.2. The van der Waals surface area contributed by atoms with Crippen LogP contribution in [0.4, 0.5) is 0 Å². The number of hydrogen-bond acceptors (Lipinski definition) is 5. The molecule has 0 radical (unpaired) electrons. The van der Waals surface area contributed by atoms with Crippen molar-refractivity contribution in [1.29, 1.82) is 0 Å². The molecule has 2 rings (SSSR count). The molecule has 2 aromatic rings. The normalized spacial score (nSPS) is 10.3. The molecule has 0 unspecified atom stereocenters. The Morgan fingerprint density at radius 2 is 2.00 bits per heavy atom. The highest BCUT2D eigenvalue weighted by molar-refractivity contribution is 7.98. The third-order valence-corrected chi connectivity index (χ3v) is 3.90. The molecule has 20 heavy (non-hydrogen) atoms. The van der Waals surface area contributed by atoms with Gasteiger partial charge in [-0.25, -0.2) is 9.78 Å². The molecule has 104 valence electrons. The molecule has 1 aromatic carbocycles. The van der Waals surface area contributed by atoms with E-state index in [1.165, 1.54) is 12.0 Å². The van der Waals surface area contributed by atoms with Gasteiger partial charge in [0.1, 0.15) is 16.0 Å². The number of H-pyrrole nitrogens is 1. The average molecular weight is 306 g/mol. The number of hydrogen-bond donors (Lipinski definition) is 1. The van der Waals surface area contributed by atoms with Crippen LogP contribution < -0.4 is 0 Å². The van der Waals surface area contributed by atoms with Crippen LogP contribution in [0.3, 0.4) is 0 Å². The number of benzene rings is 1. The quantitative estimate of drug-likeness (QED) is 0.533. The minimum Gasteiger partial charge on any atom is -0.465 e. The molecule has 0 saturated carbocycles. The number of nitrogens with zero attached hydrogens (tertiary/aromatic N) is 1. The van der Waals surface area contributed by atoms with Gasteiger partial charge in [0.2, 0.25) is 0 Å². The minimum atomic E-state index is -0.472. The number of nitrogens with one attached hydrogen (secondary N) is 1. The zero-order valence-electron chi connectivity index (χ0n) is 11.4. The number of aryl methyl sites for hydroxylation is 1. The van der Waals surface area contributed by atoms with Gasteiger partial charge in [-0.3, -0.25) is 0 Å². The first-order valence-corrected chi connectivity index (χ1v) is 7.53. The van der Waals surface area contributed by atoms with Crippen LogP contribution in [-0.2, 0) is 4.74 Å². The molecule has 0 bridgehead atoms. The lowest BCUT2D eigenvalue weighted by Crippen LogP contribution is -2.08. The smallest absolute Gasteiger partial charge is 0.342 e. The fraction of sp³-hybridized carbons (Fsp3) is 0.214. The van der Waals surface area contributed by atoms with E-state index in [9.17, 15) is 4.79 Å². The number of methoxy groups -OCH3 is 1.